The van der Waals surface area contributed by atoms with Crippen molar-refractivity contribution in [2.75, 3.05) is 13.2 Å². The number of nitrogens with zero attached hydrogens (tertiary/aromatic N) is 2. The van der Waals surface area contributed by atoms with Crippen LogP contribution in [0.3, 0.4) is 0 Å². The number of aromatic nitrogens is 2. The van der Waals surface area contributed by atoms with E-state index in [1.165, 1.54) is 11.7 Å². The van der Waals surface area contributed by atoms with Crippen molar-refractivity contribution in [3.05, 3.63) is 12.1 Å². The number of ether oxygens (including phenoxy) is 2. The van der Waals surface area contributed by atoms with E-state index in [2.05, 4.69) is 8.75 Å². The molecule has 0 atom stereocenters. The quantitative estimate of drug-likeness (QED) is 0.637. The third kappa shape index (κ3) is 1.04. The summed E-state index contributed by atoms with van der Waals surface area (Å²) in [5, 5.41) is 0. The second-order valence-electron chi connectivity index (χ2n) is 2.75. The first-order chi connectivity index (χ1) is 6.43. The van der Waals surface area contributed by atoms with Gasteiger partial charge in [0.25, 0.3) is 0 Å². The van der Waals surface area contributed by atoms with Crippen molar-refractivity contribution in [3.63, 3.8) is 0 Å². The highest BCUT2D eigenvalue weighted by molar-refractivity contribution is 7.00. The molecule has 0 bridgehead atoms. The molecule has 0 unspecified atom stereocenters. The van der Waals surface area contributed by atoms with E-state index in [1.807, 2.05) is 12.1 Å². The summed E-state index contributed by atoms with van der Waals surface area (Å²) in [4.78, 5) is 0. The smallest absolute Gasteiger partial charge is 0.163 e. The van der Waals surface area contributed by atoms with E-state index in [9.17, 15) is 0 Å². The Kier molecular flexibility index (Phi) is 1.40. The number of benzene rings is 1. The van der Waals surface area contributed by atoms with Gasteiger partial charge in [0, 0.05) is 12.1 Å². The molecular weight excluding hydrogens is 188 g/mol. The molecule has 0 saturated heterocycles. The van der Waals surface area contributed by atoms with Crippen LogP contribution >= 0.6 is 11.7 Å². The molecule has 0 fully saturated rings. The van der Waals surface area contributed by atoms with Gasteiger partial charge in [-0.3, -0.25) is 0 Å². The Morgan fingerprint density at radius 1 is 1.00 bits per heavy atom. The maximum absolute atomic E-state index is 5.41. The molecule has 0 N–H and O–H groups in total. The van der Waals surface area contributed by atoms with Crippen molar-refractivity contribution in [2.24, 2.45) is 0 Å². The fourth-order valence-electron chi connectivity index (χ4n) is 1.32. The zero-order valence-corrected chi connectivity index (χ0v) is 7.50. The van der Waals surface area contributed by atoms with E-state index in [-0.39, 0.29) is 0 Å². The second kappa shape index (κ2) is 2.56. The van der Waals surface area contributed by atoms with Crippen molar-refractivity contribution in [1.29, 1.82) is 0 Å². The zero-order chi connectivity index (χ0) is 8.67. The van der Waals surface area contributed by atoms with Crippen LogP contribution in [0.25, 0.3) is 11.0 Å². The topological polar surface area (TPSA) is 44.2 Å². The molecule has 5 heteroatoms. The third-order valence-electron chi connectivity index (χ3n) is 1.92. The Labute approximate surface area is 78.4 Å². The lowest BCUT2D eigenvalue weighted by Crippen LogP contribution is -2.15. The molecule has 3 rings (SSSR count). The fourth-order valence-corrected chi connectivity index (χ4v) is 1.83. The number of hydrogen-bond donors (Lipinski definition) is 0. The van der Waals surface area contributed by atoms with Gasteiger partial charge >= 0.3 is 0 Å². The summed E-state index contributed by atoms with van der Waals surface area (Å²) in [7, 11) is 0. The van der Waals surface area contributed by atoms with Gasteiger partial charge in [-0.2, -0.15) is 8.75 Å². The second-order valence-corrected chi connectivity index (χ2v) is 3.28. The molecule has 1 aromatic carbocycles. The lowest BCUT2D eigenvalue weighted by Gasteiger charge is -2.17. The molecule has 0 amide bonds. The van der Waals surface area contributed by atoms with Crippen LogP contribution in [-0.4, -0.2) is 22.0 Å². The predicted octanol–water partition coefficient (Wildman–Crippen LogP) is 1.46. The van der Waals surface area contributed by atoms with Crippen molar-refractivity contribution >= 4 is 22.8 Å². The lowest BCUT2D eigenvalue weighted by molar-refractivity contribution is 0.172. The standard InChI is InChI=1S/C8H6N2O2S/c1-2-12-8-4-6-5(9-13-10-6)3-7(8)11-1/h3-4H,1-2H2. The van der Waals surface area contributed by atoms with E-state index in [1.54, 1.807) is 0 Å². The summed E-state index contributed by atoms with van der Waals surface area (Å²) in [6.45, 7) is 1.21. The molecule has 0 aliphatic carbocycles. The Morgan fingerprint density at radius 3 is 2.08 bits per heavy atom. The Balaban J connectivity index is 2.28. The minimum absolute atomic E-state index is 0.607. The molecule has 0 radical (unpaired) electrons. The van der Waals surface area contributed by atoms with Crippen LogP contribution in [0.1, 0.15) is 0 Å². The van der Waals surface area contributed by atoms with Gasteiger partial charge in [-0.05, 0) is 0 Å². The van der Waals surface area contributed by atoms with Gasteiger partial charge in [0.15, 0.2) is 11.5 Å². The Morgan fingerprint density at radius 2 is 1.54 bits per heavy atom. The molecule has 1 aliphatic heterocycles. The molecule has 0 saturated carbocycles. The summed E-state index contributed by atoms with van der Waals surface area (Å²) >= 11 is 1.20. The molecule has 2 heterocycles. The molecular formula is C8H6N2O2S. The van der Waals surface area contributed by atoms with Crippen molar-refractivity contribution < 1.29 is 9.47 Å². The lowest BCUT2D eigenvalue weighted by atomic mass is 10.2. The molecule has 13 heavy (non-hydrogen) atoms. The van der Waals surface area contributed by atoms with Crippen molar-refractivity contribution in [3.8, 4) is 11.5 Å². The summed E-state index contributed by atoms with van der Waals surface area (Å²) in [5.74, 6) is 1.54. The van der Waals surface area contributed by atoms with Gasteiger partial charge in [0.2, 0.25) is 0 Å². The molecule has 0 spiro atoms. The Bertz CT molecular complexity index is 414. The van der Waals surface area contributed by atoms with E-state index < -0.39 is 0 Å². The summed E-state index contributed by atoms with van der Waals surface area (Å²) in [5.41, 5.74) is 1.74. The van der Waals surface area contributed by atoms with Gasteiger partial charge in [0.1, 0.15) is 24.2 Å². The van der Waals surface area contributed by atoms with E-state index in [4.69, 9.17) is 9.47 Å². The zero-order valence-electron chi connectivity index (χ0n) is 6.69. The van der Waals surface area contributed by atoms with Gasteiger partial charge in [0.05, 0.1) is 11.7 Å². The first kappa shape index (κ1) is 7.08. The number of rotatable bonds is 0. The molecule has 1 aromatic heterocycles. The first-order valence-corrected chi connectivity index (χ1v) is 4.68. The van der Waals surface area contributed by atoms with Crippen molar-refractivity contribution in [2.45, 2.75) is 0 Å². The minimum atomic E-state index is 0.607. The largest absolute Gasteiger partial charge is 0.486 e. The summed E-state index contributed by atoms with van der Waals surface area (Å²) in [6, 6.07) is 3.74. The van der Waals surface area contributed by atoms with Crippen LogP contribution in [0, 0.1) is 0 Å². The molecule has 1 aliphatic rings. The Hall–Kier alpha value is -1.36. The van der Waals surface area contributed by atoms with Gasteiger partial charge < -0.3 is 9.47 Å². The van der Waals surface area contributed by atoms with E-state index in [0.29, 0.717) is 13.2 Å². The summed E-state index contributed by atoms with van der Waals surface area (Å²) in [6.07, 6.45) is 0. The molecule has 4 nitrogen and oxygen atoms in total. The SMILES string of the molecule is c1c2c(cc3nsnc13)OCCO2. The van der Waals surface area contributed by atoms with Crippen LogP contribution in [0.15, 0.2) is 12.1 Å². The van der Waals surface area contributed by atoms with Crippen LogP contribution in [0.4, 0.5) is 0 Å². The van der Waals surface area contributed by atoms with Gasteiger partial charge in [-0.15, -0.1) is 0 Å². The highest BCUT2D eigenvalue weighted by Crippen LogP contribution is 2.33. The normalized spacial score (nSPS) is 14.8. The average Bonchev–Trinajstić information content (AvgIpc) is 2.61. The maximum atomic E-state index is 5.41. The van der Waals surface area contributed by atoms with E-state index >= 15 is 0 Å². The van der Waals surface area contributed by atoms with Crippen molar-refractivity contribution in [1.82, 2.24) is 8.75 Å². The van der Waals surface area contributed by atoms with Crippen LogP contribution in [0.5, 0.6) is 11.5 Å². The average molecular weight is 194 g/mol. The van der Waals surface area contributed by atoms with E-state index in [0.717, 1.165) is 22.5 Å². The van der Waals surface area contributed by atoms with Crippen LogP contribution < -0.4 is 9.47 Å². The highest BCUT2D eigenvalue weighted by atomic mass is 32.1. The number of fused-ring (bicyclic) bond motifs is 2. The first-order valence-electron chi connectivity index (χ1n) is 3.95. The third-order valence-corrected chi connectivity index (χ3v) is 2.47. The highest BCUT2D eigenvalue weighted by Gasteiger charge is 2.13. The number of hydrogen-bond acceptors (Lipinski definition) is 5. The predicted molar refractivity (Wildman–Crippen MR) is 48.4 cm³/mol. The fraction of sp³-hybridized carbons (Fsp3) is 0.250. The maximum Gasteiger partial charge on any atom is 0.163 e. The molecule has 2 aromatic rings. The summed E-state index contributed by atoms with van der Waals surface area (Å²) < 4.78 is 19.1. The molecule has 66 valence electrons. The van der Waals surface area contributed by atoms with Crippen LogP contribution in [0.2, 0.25) is 0 Å². The van der Waals surface area contributed by atoms with Gasteiger partial charge in [-0.25, -0.2) is 0 Å². The monoisotopic (exact) mass is 194 g/mol. The van der Waals surface area contributed by atoms with Crippen LogP contribution in [-0.2, 0) is 0 Å². The van der Waals surface area contributed by atoms with Gasteiger partial charge in [-0.1, -0.05) is 0 Å². The minimum Gasteiger partial charge on any atom is -0.486 e.